The number of aromatic nitrogens is 1. The van der Waals surface area contributed by atoms with Crippen molar-refractivity contribution in [2.24, 2.45) is 0 Å². The van der Waals surface area contributed by atoms with Crippen LogP contribution in [0.2, 0.25) is 0 Å². The van der Waals surface area contributed by atoms with Gasteiger partial charge in [-0.2, -0.15) is 0 Å². The van der Waals surface area contributed by atoms with Crippen molar-refractivity contribution in [2.75, 3.05) is 0 Å². The van der Waals surface area contributed by atoms with E-state index in [2.05, 4.69) is 24.4 Å². The van der Waals surface area contributed by atoms with Crippen LogP contribution in [0.1, 0.15) is 0 Å². The molecular weight excluding hydrogens is 189 g/mol. The second-order valence-corrected chi connectivity index (χ2v) is 2.84. The zero-order valence-corrected chi connectivity index (χ0v) is 8.22. The first-order valence-corrected chi connectivity index (χ1v) is 4.25. The second kappa shape index (κ2) is 6.76. The van der Waals surface area contributed by atoms with E-state index in [4.69, 9.17) is 0 Å². The van der Waals surface area contributed by atoms with E-state index in [1.807, 2.05) is 30.3 Å². The van der Waals surface area contributed by atoms with Crippen LogP contribution < -0.4 is 10.9 Å². The van der Waals surface area contributed by atoms with E-state index in [1.165, 1.54) is 10.9 Å². The molecule has 0 aliphatic heterocycles. The Kier molecular flexibility index (Phi) is 6.02. The first kappa shape index (κ1) is 13.4. The Morgan fingerprint density at radius 1 is 0.733 bits per heavy atom. The third-order valence-corrected chi connectivity index (χ3v) is 1.84. The molecule has 0 aliphatic rings. The average molecular weight is 202 g/mol. The van der Waals surface area contributed by atoms with E-state index in [-0.39, 0.29) is 11.0 Å². The third-order valence-electron chi connectivity index (χ3n) is 1.84. The summed E-state index contributed by atoms with van der Waals surface area (Å²) in [7, 11) is 2.13. The molecule has 0 saturated heterocycles. The molecule has 1 aromatic carbocycles. The van der Waals surface area contributed by atoms with Crippen LogP contribution >= 0.6 is 0 Å². The number of benzene rings is 1. The van der Waals surface area contributed by atoms with Crippen LogP contribution in [-0.2, 0) is 0 Å². The maximum atomic E-state index is 3.97. The highest BCUT2D eigenvalue weighted by Gasteiger charge is 1.95. The van der Waals surface area contributed by atoms with E-state index in [0.717, 1.165) is 0 Å². The summed E-state index contributed by atoms with van der Waals surface area (Å²) in [6, 6.07) is 14.2. The summed E-state index contributed by atoms with van der Waals surface area (Å²) in [6.45, 7) is 0. The number of pyridine rings is 1. The normalized spacial score (nSPS) is 8.27. The molecule has 15 heavy (non-hydrogen) atoms. The van der Waals surface area contributed by atoms with Gasteiger partial charge in [0.1, 0.15) is 0 Å². The van der Waals surface area contributed by atoms with Gasteiger partial charge >= 0.3 is 0 Å². The van der Waals surface area contributed by atoms with Gasteiger partial charge < -0.3 is 11.0 Å². The van der Waals surface area contributed by atoms with Crippen molar-refractivity contribution in [1.29, 1.82) is 0 Å². The van der Waals surface area contributed by atoms with E-state index in [9.17, 15) is 0 Å². The van der Waals surface area contributed by atoms with Crippen LogP contribution in [0.3, 0.4) is 0 Å². The molecule has 3 nitrogen and oxygen atoms in total. The zero-order chi connectivity index (χ0) is 8.93. The molecule has 0 amide bonds. The molecule has 0 bridgehead atoms. The van der Waals surface area contributed by atoms with Crippen molar-refractivity contribution in [3.05, 3.63) is 54.9 Å². The van der Waals surface area contributed by atoms with Crippen LogP contribution in [0, 0.1) is 0 Å². The molecule has 1 aromatic heterocycles. The van der Waals surface area contributed by atoms with Crippen molar-refractivity contribution < 1.29 is 11.0 Å². The lowest BCUT2D eigenvalue weighted by molar-refractivity contribution is 0.823. The van der Waals surface area contributed by atoms with Crippen molar-refractivity contribution in [2.45, 2.75) is 0 Å². The fourth-order valence-electron chi connectivity index (χ4n) is 1.20. The molecule has 2 aromatic rings. The number of hydrogen-bond acceptors (Lipinski definition) is 1. The van der Waals surface area contributed by atoms with Gasteiger partial charge in [0.2, 0.25) is 0 Å². The summed E-state index contributed by atoms with van der Waals surface area (Å²) in [4.78, 5) is 3.97. The van der Waals surface area contributed by atoms with Crippen molar-refractivity contribution in [1.82, 2.24) is 4.98 Å². The summed E-state index contributed by atoms with van der Waals surface area (Å²) in [5, 5.41) is 0. The highest BCUT2D eigenvalue weighted by molar-refractivity contribution is 6.67. The fourth-order valence-corrected chi connectivity index (χ4v) is 1.20. The zero-order valence-electron chi connectivity index (χ0n) is 8.22. The van der Waals surface area contributed by atoms with Gasteiger partial charge in [0.25, 0.3) is 0 Å². The SMILES string of the molecule is O.O.[B](c1ccccc1)c1ccncc1. The highest BCUT2D eigenvalue weighted by Crippen LogP contribution is 1.82. The van der Waals surface area contributed by atoms with Crippen molar-refractivity contribution in [3.8, 4) is 0 Å². The quantitative estimate of drug-likeness (QED) is 0.580. The maximum absolute atomic E-state index is 3.97. The van der Waals surface area contributed by atoms with Gasteiger partial charge in [0.15, 0.2) is 7.28 Å². The standard InChI is InChI=1S/C11H9BN.2H2O/c1-2-4-10(5-3-1)12-11-6-8-13-9-7-11;;/h1-9H;2*1H2. The molecule has 4 heteroatoms. The Morgan fingerprint density at radius 3 is 1.87 bits per heavy atom. The molecule has 0 atom stereocenters. The summed E-state index contributed by atoms with van der Waals surface area (Å²) in [6.07, 6.45) is 3.60. The van der Waals surface area contributed by atoms with Crippen LogP contribution in [0.25, 0.3) is 0 Å². The molecule has 0 fully saturated rings. The molecular formula is C11H13BNO2. The lowest BCUT2D eigenvalue weighted by atomic mass is 9.64. The smallest absolute Gasteiger partial charge is 0.191 e. The molecule has 77 valence electrons. The van der Waals surface area contributed by atoms with Gasteiger partial charge in [-0.1, -0.05) is 41.3 Å². The van der Waals surface area contributed by atoms with Crippen LogP contribution in [0.5, 0.6) is 0 Å². The molecule has 0 spiro atoms. The second-order valence-electron chi connectivity index (χ2n) is 2.84. The predicted molar refractivity (Wildman–Crippen MR) is 62.9 cm³/mol. The Bertz CT molecular complexity index is 329. The Labute approximate surface area is 89.7 Å². The minimum absolute atomic E-state index is 0. The molecule has 4 N–H and O–H groups in total. The van der Waals surface area contributed by atoms with Gasteiger partial charge in [-0.05, 0) is 12.1 Å². The maximum Gasteiger partial charge on any atom is 0.191 e. The minimum atomic E-state index is 0. The van der Waals surface area contributed by atoms with Gasteiger partial charge in [-0.25, -0.2) is 0 Å². The van der Waals surface area contributed by atoms with E-state index >= 15 is 0 Å². The van der Waals surface area contributed by atoms with E-state index < -0.39 is 0 Å². The lowest BCUT2D eigenvalue weighted by Crippen LogP contribution is -2.26. The summed E-state index contributed by atoms with van der Waals surface area (Å²) in [5.41, 5.74) is 2.40. The average Bonchev–Trinajstić information content (AvgIpc) is 2.21. The molecule has 1 heterocycles. The molecule has 1 radical (unpaired) electrons. The summed E-state index contributed by atoms with van der Waals surface area (Å²) in [5.74, 6) is 0. The van der Waals surface area contributed by atoms with Gasteiger partial charge in [0, 0.05) is 12.4 Å². The van der Waals surface area contributed by atoms with Crippen molar-refractivity contribution >= 4 is 18.2 Å². The highest BCUT2D eigenvalue weighted by atomic mass is 16.0. The van der Waals surface area contributed by atoms with Crippen molar-refractivity contribution in [3.63, 3.8) is 0 Å². The molecule has 2 rings (SSSR count). The Balaban J connectivity index is 0.000000980. The number of rotatable bonds is 2. The van der Waals surface area contributed by atoms with Crippen LogP contribution in [0.15, 0.2) is 54.9 Å². The largest absolute Gasteiger partial charge is 0.412 e. The monoisotopic (exact) mass is 202 g/mol. The van der Waals surface area contributed by atoms with Crippen LogP contribution in [0.4, 0.5) is 0 Å². The molecule has 0 saturated carbocycles. The van der Waals surface area contributed by atoms with Gasteiger partial charge in [0.05, 0.1) is 0 Å². The fraction of sp³-hybridized carbons (Fsp3) is 0. The topological polar surface area (TPSA) is 75.9 Å². The Morgan fingerprint density at radius 2 is 1.27 bits per heavy atom. The summed E-state index contributed by atoms with van der Waals surface area (Å²) < 4.78 is 0. The summed E-state index contributed by atoms with van der Waals surface area (Å²) >= 11 is 0. The third kappa shape index (κ3) is 3.93. The molecule has 0 unspecified atom stereocenters. The predicted octanol–water partition coefficient (Wildman–Crippen LogP) is -0.913. The van der Waals surface area contributed by atoms with Crippen LogP contribution in [-0.4, -0.2) is 23.2 Å². The number of nitrogens with zero attached hydrogens (tertiary/aromatic N) is 1. The van der Waals surface area contributed by atoms with E-state index in [0.29, 0.717) is 0 Å². The van der Waals surface area contributed by atoms with Gasteiger partial charge in [-0.3, -0.25) is 4.98 Å². The minimum Gasteiger partial charge on any atom is -0.412 e. The first-order valence-electron chi connectivity index (χ1n) is 4.25. The van der Waals surface area contributed by atoms with Gasteiger partial charge in [-0.15, -0.1) is 0 Å². The first-order chi connectivity index (χ1) is 6.45. The number of hydrogen-bond donors (Lipinski definition) is 0. The molecule has 0 aliphatic carbocycles. The van der Waals surface area contributed by atoms with E-state index in [1.54, 1.807) is 12.4 Å². The Hall–Kier alpha value is -1.65. The lowest BCUT2D eigenvalue weighted by Gasteiger charge is -1.97.